The van der Waals surface area contributed by atoms with Crippen LogP contribution in [0.15, 0.2) is 22.7 Å². The second-order valence-electron chi connectivity index (χ2n) is 6.96. The molecule has 3 rings (SSSR count). The minimum Gasteiger partial charge on any atom is -0.460 e. The SMILES string of the molecule is CCCNC(=O)CN1CCC(NCc2cn[nH]c2-c2ccc(C)o2)CC1. The fourth-order valence-corrected chi connectivity index (χ4v) is 3.30. The maximum Gasteiger partial charge on any atom is 0.234 e. The van der Waals surface area contributed by atoms with Crippen molar-refractivity contribution < 1.29 is 9.21 Å². The van der Waals surface area contributed by atoms with Gasteiger partial charge in [0.1, 0.15) is 11.5 Å². The molecular formula is C19H29N5O2. The van der Waals surface area contributed by atoms with Gasteiger partial charge in [-0.2, -0.15) is 5.10 Å². The van der Waals surface area contributed by atoms with Crippen LogP contribution in [0.25, 0.3) is 11.5 Å². The number of hydrogen-bond donors (Lipinski definition) is 3. The Morgan fingerprint density at radius 3 is 2.88 bits per heavy atom. The Morgan fingerprint density at radius 2 is 2.19 bits per heavy atom. The molecule has 1 saturated heterocycles. The molecule has 0 radical (unpaired) electrons. The number of likely N-dealkylation sites (tertiary alicyclic amines) is 1. The summed E-state index contributed by atoms with van der Waals surface area (Å²) in [6.07, 6.45) is 4.93. The third-order valence-electron chi connectivity index (χ3n) is 4.81. The zero-order valence-corrected chi connectivity index (χ0v) is 15.7. The fraction of sp³-hybridized carbons (Fsp3) is 0.579. The van der Waals surface area contributed by atoms with Crippen LogP contribution >= 0.6 is 0 Å². The van der Waals surface area contributed by atoms with E-state index in [0.29, 0.717) is 12.6 Å². The van der Waals surface area contributed by atoms with Crippen molar-refractivity contribution in [1.29, 1.82) is 0 Å². The van der Waals surface area contributed by atoms with Crippen molar-refractivity contribution in [2.45, 2.75) is 45.7 Å². The lowest BCUT2D eigenvalue weighted by atomic mass is 10.0. The topological polar surface area (TPSA) is 86.2 Å². The molecule has 26 heavy (non-hydrogen) atoms. The van der Waals surface area contributed by atoms with Crippen LogP contribution in [0.4, 0.5) is 0 Å². The molecule has 0 aliphatic carbocycles. The molecule has 2 aromatic rings. The first-order valence-electron chi connectivity index (χ1n) is 9.47. The number of furan rings is 1. The first kappa shape index (κ1) is 18.7. The monoisotopic (exact) mass is 359 g/mol. The number of amides is 1. The minimum atomic E-state index is 0.134. The fourth-order valence-electron chi connectivity index (χ4n) is 3.30. The molecule has 7 heteroatoms. The van der Waals surface area contributed by atoms with Crippen molar-refractivity contribution in [3.63, 3.8) is 0 Å². The second kappa shape index (κ2) is 9.00. The third-order valence-corrected chi connectivity index (χ3v) is 4.81. The van der Waals surface area contributed by atoms with Crippen molar-refractivity contribution in [3.8, 4) is 11.5 Å². The van der Waals surface area contributed by atoms with Gasteiger partial charge in [-0.3, -0.25) is 14.8 Å². The number of carbonyl (C=O) groups excluding carboxylic acids is 1. The summed E-state index contributed by atoms with van der Waals surface area (Å²) in [5, 5.41) is 13.8. The Hall–Kier alpha value is -2.12. The number of hydrogen-bond acceptors (Lipinski definition) is 5. The highest BCUT2D eigenvalue weighted by Gasteiger charge is 2.21. The molecule has 0 spiro atoms. The second-order valence-corrected chi connectivity index (χ2v) is 6.96. The van der Waals surface area contributed by atoms with Crippen LogP contribution in [0.2, 0.25) is 0 Å². The van der Waals surface area contributed by atoms with Crippen LogP contribution < -0.4 is 10.6 Å². The highest BCUT2D eigenvalue weighted by molar-refractivity contribution is 5.77. The Kier molecular flexibility index (Phi) is 6.46. The summed E-state index contributed by atoms with van der Waals surface area (Å²) in [4.78, 5) is 14.1. The lowest BCUT2D eigenvalue weighted by Crippen LogP contribution is -2.46. The average Bonchev–Trinajstić information content (AvgIpc) is 3.28. The van der Waals surface area contributed by atoms with Gasteiger partial charge in [0.2, 0.25) is 5.91 Å². The van der Waals surface area contributed by atoms with Gasteiger partial charge in [-0.25, -0.2) is 0 Å². The van der Waals surface area contributed by atoms with Gasteiger partial charge in [-0.15, -0.1) is 0 Å². The van der Waals surface area contributed by atoms with Crippen LogP contribution in [0.1, 0.15) is 37.5 Å². The van der Waals surface area contributed by atoms with Gasteiger partial charge in [-0.1, -0.05) is 6.92 Å². The van der Waals surface area contributed by atoms with Crippen LogP contribution in [-0.4, -0.2) is 53.2 Å². The van der Waals surface area contributed by atoms with E-state index >= 15 is 0 Å². The normalized spacial score (nSPS) is 16.1. The molecule has 1 aliphatic rings. The van der Waals surface area contributed by atoms with Crippen LogP contribution in [0, 0.1) is 6.92 Å². The Labute approximate surface area is 154 Å². The van der Waals surface area contributed by atoms with E-state index in [1.54, 1.807) is 0 Å². The van der Waals surface area contributed by atoms with Crippen molar-refractivity contribution >= 4 is 5.91 Å². The molecule has 3 heterocycles. The van der Waals surface area contributed by atoms with Crippen molar-refractivity contribution in [3.05, 3.63) is 29.7 Å². The van der Waals surface area contributed by atoms with Gasteiger partial charge in [0, 0.05) is 37.8 Å². The lowest BCUT2D eigenvalue weighted by molar-refractivity contribution is -0.122. The molecule has 0 unspecified atom stereocenters. The Bertz CT molecular complexity index is 700. The Morgan fingerprint density at radius 1 is 1.38 bits per heavy atom. The summed E-state index contributed by atoms with van der Waals surface area (Å²) >= 11 is 0. The zero-order valence-electron chi connectivity index (χ0n) is 15.7. The summed E-state index contributed by atoms with van der Waals surface area (Å²) in [6.45, 7) is 7.94. The van der Waals surface area contributed by atoms with E-state index in [1.165, 1.54) is 0 Å². The van der Waals surface area contributed by atoms with E-state index in [4.69, 9.17) is 4.42 Å². The number of aryl methyl sites for hydroxylation is 1. The molecule has 2 aromatic heterocycles. The molecule has 1 amide bonds. The highest BCUT2D eigenvalue weighted by atomic mass is 16.3. The van der Waals surface area contributed by atoms with E-state index in [2.05, 4.69) is 32.7 Å². The largest absolute Gasteiger partial charge is 0.460 e. The number of nitrogens with zero attached hydrogens (tertiary/aromatic N) is 2. The number of H-pyrrole nitrogens is 1. The van der Waals surface area contributed by atoms with Crippen LogP contribution in [-0.2, 0) is 11.3 Å². The number of aromatic amines is 1. The van der Waals surface area contributed by atoms with Gasteiger partial charge >= 0.3 is 0 Å². The quantitative estimate of drug-likeness (QED) is 0.672. The van der Waals surface area contributed by atoms with E-state index in [1.807, 2.05) is 25.3 Å². The van der Waals surface area contributed by atoms with E-state index in [9.17, 15) is 4.79 Å². The molecule has 0 bridgehead atoms. The first-order valence-corrected chi connectivity index (χ1v) is 9.47. The molecule has 0 atom stereocenters. The van der Waals surface area contributed by atoms with Crippen molar-refractivity contribution in [2.24, 2.45) is 0 Å². The standard InChI is InChI=1S/C19H29N5O2/c1-3-8-20-18(25)13-24-9-6-16(7-10-24)21-11-15-12-22-23-19(15)17-5-4-14(2)26-17/h4-5,12,16,21H,3,6-11,13H2,1-2H3,(H,20,25)(H,22,23). The average molecular weight is 359 g/mol. The van der Waals surface area contributed by atoms with E-state index in [-0.39, 0.29) is 5.91 Å². The van der Waals surface area contributed by atoms with Gasteiger partial charge in [0.25, 0.3) is 0 Å². The van der Waals surface area contributed by atoms with Gasteiger partial charge in [0.15, 0.2) is 5.76 Å². The van der Waals surface area contributed by atoms with Gasteiger partial charge < -0.3 is 15.1 Å². The molecule has 0 aromatic carbocycles. The molecular weight excluding hydrogens is 330 g/mol. The lowest BCUT2D eigenvalue weighted by Gasteiger charge is -2.32. The molecule has 0 saturated carbocycles. The van der Waals surface area contributed by atoms with Gasteiger partial charge in [-0.05, 0) is 38.3 Å². The summed E-state index contributed by atoms with van der Waals surface area (Å²) in [6, 6.07) is 4.39. The number of aromatic nitrogens is 2. The van der Waals surface area contributed by atoms with E-state index < -0.39 is 0 Å². The Balaban J connectivity index is 1.43. The highest BCUT2D eigenvalue weighted by Crippen LogP contribution is 2.23. The minimum absolute atomic E-state index is 0.134. The maximum absolute atomic E-state index is 11.8. The molecule has 3 N–H and O–H groups in total. The predicted molar refractivity (Wildman–Crippen MR) is 101 cm³/mol. The summed E-state index contributed by atoms with van der Waals surface area (Å²) in [7, 11) is 0. The molecule has 142 valence electrons. The third kappa shape index (κ3) is 4.95. The van der Waals surface area contributed by atoms with Gasteiger partial charge in [0.05, 0.1) is 12.7 Å². The molecule has 1 fully saturated rings. The maximum atomic E-state index is 11.8. The van der Waals surface area contributed by atoms with E-state index in [0.717, 1.165) is 68.2 Å². The molecule has 7 nitrogen and oxygen atoms in total. The summed E-state index contributed by atoms with van der Waals surface area (Å²) in [5.74, 6) is 1.85. The smallest absolute Gasteiger partial charge is 0.234 e. The zero-order chi connectivity index (χ0) is 18.4. The number of rotatable bonds is 8. The summed E-state index contributed by atoms with van der Waals surface area (Å²) < 4.78 is 5.70. The number of nitrogens with one attached hydrogen (secondary N) is 3. The first-order chi connectivity index (χ1) is 12.7. The summed E-state index contributed by atoms with van der Waals surface area (Å²) in [5.41, 5.74) is 2.05. The van der Waals surface area contributed by atoms with Crippen LogP contribution in [0.5, 0.6) is 0 Å². The van der Waals surface area contributed by atoms with Crippen molar-refractivity contribution in [1.82, 2.24) is 25.7 Å². The number of carbonyl (C=O) groups is 1. The van der Waals surface area contributed by atoms with Crippen molar-refractivity contribution in [2.75, 3.05) is 26.2 Å². The molecule has 1 aliphatic heterocycles. The van der Waals surface area contributed by atoms with Crippen LogP contribution in [0.3, 0.4) is 0 Å². The number of piperidine rings is 1. The predicted octanol–water partition coefficient (Wildman–Crippen LogP) is 2.06.